The molecule has 0 saturated heterocycles. The molecule has 0 aliphatic rings. The van der Waals surface area contributed by atoms with E-state index >= 15 is 0 Å². The van der Waals surface area contributed by atoms with Gasteiger partial charge in [-0.15, -0.1) is 0 Å². The standard InChI is InChI=1S/C23H20N6O/c1-24-21-20-22(28-19(27-21)13-10-16-6-4-3-5-7-16)29(15-26-20)14-17-8-11-18(12-9-17)23(30)25-2/h3-9,11-12,15H,14H2,1-2H3,(H,25,30)(H,24,27,28). The van der Waals surface area contributed by atoms with E-state index in [1.54, 1.807) is 32.6 Å². The average Bonchev–Trinajstić information content (AvgIpc) is 3.20. The Hall–Kier alpha value is -4.18. The molecule has 4 aromatic rings. The summed E-state index contributed by atoms with van der Waals surface area (Å²) in [5.74, 6) is 7.07. The van der Waals surface area contributed by atoms with Gasteiger partial charge < -0.3 is 15.2 Å². The summed E-state index contributed by atoms with van der Waals surface area (Å²) in [5.41, 5.74) is 3.93. The van der Waals surface area contributed by atoms with Gasteiger partial charge in [0.15, 0.2) is 17.0 Å². The predicted molar refractivity (Wildman–Crippen MR) is 116 cm³/mol. The molecule has 0 radical (unpaired) electrons. The smallest absolute Gasteiger partial charge is 0.251 e. The van der Waals surface area contributed by atoms with Crippen molar-refractivity contribution in [1.29, 1.82) is 0 Å². The molecule has 148 valence electrons. The maximum absolute atomic E-state index is 11.7. The second kappa shape index (κ2) is 8.45. The topological polar surface area (TPSA) is 84.7 Å². The van der Waals surface area contributed by atoms with Gasteiger partial charge in [-0.3, -0.25) is 4.79 Å². The Morgan fingerprint density at radius 2 is 1.77 bits per heavy atom. The molecule has 0 aliphatic heterocycles. The number of anilines is 1. The second-order valence-electron chi connectivity index (χ2n) is 6.58. The monoisotopic (exact) mass is 396 g/mol. The lowest BCUT2D eigenvalue weighted by molar-refractivity contribution is 0.0963. The van der Waals surface area contributed by atoms with Gasteiger partial charge in [-0.05, 0) is 35.7 Å². The number of benzene rings is 2. The normalized spacial score (nSPS) is 10.3. The Balaban J connectivity index is 1.67. The van der Waals surface area contributed by atoms with Gasteiger partial charge in [0.25, 0.3) is 5.91 Å². The molecule has 1 amide bonds. The lowest BCUT2D eigenvalue weighted by Gasteiger charge is -2.07. The van der Waals surface area contributed by atoms with Crippen LogP contribution in [-0.4, -0.2) is 39.5 Å². The molecule has 2 aromatic heterocycles. The van der Waals surface area contributed by atoms with Crippen LogP contribution in [0.15, 0.2) is 60.9 Å². The van der Waals surface area contributed by atoms with Crippen molar-refractivity contribution in [2.75, 3.05) is 19.4 Å². The Morgan fingerprint density at radius 3 is 2.47 bits per heavy atom. The van der Waals surface area contributed by atoms with Gasteiger partial charge in [0.05, 0.1) is 12.9 Å². The number of fused-ring (bicyclic) bond motifs is 1. The summed E-state index contributed by atoms with van der Waals surface area (Å²) >= 11 is 0. The van der Waals surface area contributed by atoms with Gasteiger partial charge in [-0.1, -0.05) is 36.3 Å². The molecule has 30 heavy (non-hydrogen) atoms. The van der Waals surface area contributed by atoms with Crippen molar-refractivity contribution >= 4 is 22.9 Å². The number of nitrogens with one attached hydrogen (secondary N) is 2. The summed E-state index contributed by atoms with van der Waals surface area (Å²) in [4.78, 5) is 25.3. The predicted octanol–water partition coefficient (Wildman–Crippen LogP) is 2.68. The lowest BCUT2D eigenvalue weighted by Crippen LogP contribution is -2.17. The quantitative estimate of drug-likeness (QED) is 0.518. The number of nitrogens with zero attached hydrogens (tertiary/aromatic N) is 4. The van der Waals surface area contributed by atoms with Crippen LogP contribution < -0.4 is 10.6 Å². The van der Waals surface area contributed by atoms with Crippen molar-refractivity contribution in [3.8, 4) is 11.8 Å². The Kier molecular flexibility index (Phi) is 5.39. The van der Waals surface area contributed by atoms with Crippen molar-refractivity contribution < 1.29 is 4.79 Å². The van der Waals surface area contributed by atoms with Crippen LogP contribution in [0.25, 0.3) is 11.2 Å². The van der Waals surface area contributed by atoms with Crippen LogP contribution >= 0.6 is 0 Å². The molecular weight excluding hydrogens is 376 g/mol. The number of carbonyl (C=O) groups excluding carboxylic acids is 1. The van der Waals surface area contributed by atoms with E-state index in [4.69, 9.17) is 0 Å². The first kappa shape index (κ1) is 19.2. The van der Waals surface area contributed by atoms with Crippen molar-refractivity contribution in [2.45, 2.75) is 6.54 Å². The van der Waals surface area contributed by atoms with E-state index in [9.17, 15) is 4.79 Å². The molecule has 4 rings (SSSR count). The summed E-state index contributed by atoms with van der Waals surface area (Å²) in [6.07, 6.45) is 1.74. The third-order valence-corrected chi connectivity index (χ3v) is 4.59. The number of carbonyl (C=O) groups is 1. The number of rotatable bonds is 4. The van der Waals surface area contributed by atoms with Gasteiger partial charge in [0.2, 0.25) is 5.82 Å². The third kappa shape index (κ3) is 3.98. The van der Waals surface area contributed by atoms with Crippen LogP contribution in [0.1, 0.15) is 27.3 Å². The minimum atomic E-state index is -0.109. The second-order valence-corrected chi connectivity index (χ2v) is 6.58. The van der Waals surface area contributed by atoms with E-state index in [-0.39, 0.29) is 5.91 Å². The number of hydrogen-bond donors (Lipinski definition) is 2. The lowest BCUT2D eigenvalue weighted by atomic mass is 10.1. The molecule has 2 heterocycles. The molecular formula is C23H20N6O. The summed E-state index contributed by atoms with van der Waals surface area (Å²) in [7, 11) is 3.41. The van der Waals surface area contributed by atoms with Gasteiger partial charge >= 0.3 is 0 Å². The zero-order valence-electron chi connectivity index (χ0n) is 16.7. The fourth-order valence-electron chi connectivity index (χ4n) is 3.04. The molecule has 0 unspecified atom stereocenters. The van der Waals surface area contributed by atoms with Gasteiger partial charge in [0.1, 0.15) is 0 Å². The highest BCUT2D eigenvalue weighted by atomic mass is 16.1. The fraction of sp³-hybridized carbons (Fsp3) is 0.130. The molecule has 0 atom stereocenters. The highest BCUT2D eigenvalue weighted by Gasteiger charge is 2.12. The van der Waals surface area contributed by atoms with E-state index in [0.717, 1.165) is 11.1 Å². The summed E-state index contributed by atoms with van der Waals surface area (Å²) in [5, 5.41) is 5.70. The van der Waals surface area contributed by atoms with Crippen molar-refractivity contribution in [2.24, 2.45) is 0 Å². The zero-order chi connectivity index (χ0) is 20.9. The molecule has 0 aliphatic carbocycles. The Labute approximate surface area is 174 Å². The largest absolute Gasteiger partial charge is 0.371 e. The van der Waals surface area contributed by atoms with E-state index in [0.29, 0.717) is 34.9 Å². The highest BCUT2D eigenvalue weighted by molar-refractivity contribution is 5.94. The number of amides is 1. The summed E-state index contributed by atoms with van der Waals surface area (Å²) < 4.78 is 1.94. The first-order valence-electron chi connectivity index (χ1n) is 9.46. The van der Waals surface area contributed by atoms with Crippen molar-refractivity contribution in [3.63, 3.8) is 0 Å². The molecule has 7 nitrogen and oxygen atoms in total. The van der Waals surface area contributed by atoms with Crippen LogP contribution in [0.2, 0.25) is 0 Å². The molecule has 2 aromatic carbocycles. The number of aromatic nitrogens is 4. The van der Waals surface area contributed by atoms with E-state index in [2.05, 4.69) is 37.4 Å². The Morgan fingerprint density at radius 1 is 1.00 bits per heavy atom. The highest BCUT2D eigenvalue weighted by Crippen LogP contribution is 2.19. The van der Waals surface area contributed by atoms with Crippen molar-refractivity contribution in [1.82, 2.24) is 24.8 Å². The van der Waals surface area contributed by atoms with Crippen molar-refractivity contribution in [3.05, 3.63) is 83.4 Å². The van der Waals surface area contributed by atoms with Gasteiger partial charge in [-0.2, -0.15) is 0 Å². The van der Waals surface area contributed by atoms with Gasteiger partial charge in [0, 0.05) is 25.2 Å². The zero-order valence-corrected chi connectivity index (χ0v) is 16.7. The molecule has 7 heteroatoms. The van der Waals surface area contributed by atoms with Crippen LogP contribution in [0.5, 0.6) is 0 Å². The van der Waals surface area contributed by atoms with Gasteiger partial charge in [-0.25, -0.2) is 15.0 Å². The van der Waals surface area contributed by atoms with E-state index in [1.165, 1.54) is 0 Å². The third-order valence-electron chi connectivity index (χ3n) is 4.59. The molecule has 0 saturated carbocycles. The first-order valence-corrected chi connectivity index (χ1v) is 9.46. The molecule has 0 fully saturated rings. The number of imidazole rings is 1. The number of hydrogen-bond acceptors (Lipinski definition) is 5. The maximum Gasteiger partial charge on any atom is 0.251 e. The van der Waals surface area contributed by atoms with E-state index in [1.807, 2.05) is 47.0 Å². The van der Waals surface area contributed by atoms with Crippen LogP contribution in [0, 0.1) is 11.8 Å². The molecule has 0 bridgehead atoms. The Bertz CT molecular complexity index is 1250. The minimum Gasteiger partial charge on any atom is -0.371 e. The molecule has 0 spiro atoms. The first-order chi connectivity index (χ1) is 14.7. The van der Waals surface area contributed by atoms with E-state index < -0.39 is 0 Å². The summed E-state index contributed by atoms with van der Waals surface area (Å²) in [6, 6.07) is 17.2. The average molecular weight is 396 g/mol. The fourth-order valence-corrected chi connectivity index (χ4v) is 3.04. The van der Waals surface area contributed by atoms with Crippen LogP contribution in [0.3, 0.4) is 0 Å². The summed E-state index contributed by atoms with van der Waals surface area (Å²) in [6.45, 7) is 0.566. The maximum atomic E-state index is 11.7. The SMILES string of the molecule is CNC(=O)c1ccc(Cn2cnc3c(NC)nc(C#Cc4ccccc4)nc32)cc1. The van der Waals surface area contributed by atoms with Crippen LogP contribution in [0.4, 0.5) is 5.82 Å². The van der Waals surface area contributed by atoms with Crippen LogP contribution in [-0.2, 0) is 6.54 Å². The molecule has 2 N–H and O–H groups in total. The minimum absolute atomic E-state index is 0.109.